The molecule has 106 valence electrons. The van der Waals surface area contributed by atoms with Crippen molar-refractivity contribution in [2.45, 2.75) is 36.8 Å². The average Bonchev–Trinajstić information content (AvgIpc) is 2.36. The Morgan fingerprint density at radius 2 is 2.05 bits per heavy atom. The Kier molecular flexibility index (Phi) is 7.25. The highest BCUT2D eigenvalue weighted by molar-refractivity contribution is 7.99. The van der Waals surface area contributed by atoms with E-state index in [1.54, 1.807) is 24.3 Å². The van der Waals surface area contributed by atoms with Crippen LogP contribution in [0.4, 0.5) is 19.3 Å². The molecule has 19 heavy (non-hydrogen) atoms. The molecule has 0 aromatic heterocycles. The van der Waals surface area contributed by atoms with Crippen LogP contribution in [0.1, 0.15) is 26.2 Å². The number of urea groups is 1. The van der Waals surface area contributed by atoms with Crippen LogP contribution in [0.2, 0.25) is 0 Å². The Morgan fingerprint density at radius 3 is 2.74 bits per heavy atom. The van der Waals surface area contributed by atoms with E-state index >= 15 is 0 Å². The quantitative estimate of drug-likeness (QED) is 0.579. The van der Waals surface area contributed by atoms with Crippen molar-refractivity contribution in [1.29, 1.82) is 0 Å². The van der Waals surface area contributed by atoms with Crippen LogP contribution in [0.25, 0.3) is 0 Å². The molecule has 3 nitrogen and oxygen atoms in total. The number of unbranched alkanes of at least 4 members (excludes halogenated alkanes) is 2. The number of alkyl halides is 2. The highest BCUT2D eigenvalue weighted by Crippen LogP contribution is 2.31. The number of anilines is 1. The van der Waals surface area contributed by atoms with E-state index in [9.17, 15) is 13.6 Å². The summed E-state index contributed by atoms with van der Waals surface area (Å²) in [6, 6.07) is 6.16. The molecule has 0 heterocycles. The first-order chi connectivity index (χ1) is 9.13. The second-order valence-corrected chi connectivity index (χ2v) is 4.99. The van der Waals surface area contributed by atoms with Crippen molar-refractivity contribution in [3.8, 4) is 0 Å². The van der Waals surface area contributed by atoms with E-state index < -0.39 is 5.76 Å². The normalized spacial score (nSPS) is 10.5. The number of para-hydroxylation sites is 1. The van der Waals surface area contributed by atoms with Crippen molar-refractivity contribution in [1.82, 2.24) is 5.32 Å². The molecule has 2 N–H and O–H groups in total. The van der Waals surface area contributed by atoms with E-state index in [1.807, 2.05) is 0 Å². The zero-order valence-corrected chi connectivity index (χ0v) is 11.6. The molecule has 0 atom stereocenters. The zero-order chi connectivity index (χ0) is 14.1. The smallest absolute Gasteiger partial charge is 0.319 e. The van der Waals surface area contributed by atoms with Gasteiger partial charge in [0.1, 0.15) is 0 Å². The van der Waals surface area contributed by atoms with Crippen molar-refractivity contribution < 1.29 is 13.6 Å². The molecule has 0 saturated heterocycles. The number of hydrogen-bond donors (Lipinski definition) is 2. The maximum atomic E-state index is 12.4. The number of nitrogens with one attached hydrogen (secondary N) is 2. The maximum absolute atomic E-state index is 12.4. The second kappa shape index (κ2) is 8.74. The minimum atomic E-state index is -2.50. The van der Waals surface area contributed by atoms with Crippen molar-refractivity contribution in [2.24, 2.45) is 0 Å². The molecule has 0 saturated carbocycles. The van der Waals surface area contributed by atoms with Crippen molar-refractivity contribution in [3.63, 3.8) is 0 Å². The predicted molar refractivity (Wildman–Crippen MR) is 74.8 cm³/mol. The van der Waals surface area contributed by atoms with Gasteiger partial charge >= 0.3 is 6.03 Å². The minimum Gasteiger partial charge on any atom is -0.338 e. The average molecular weight is 288 g/mol. The van der Waals surface area contributed by atoms with Crippen molar-refractivity contribution in [2.75, 3.05) is 11.9 Å². The molecule has 6 heteroatoms. The molecule has 0 fully saturated rings. The first kappa shape index (κ1) is 15.8. The highest BCUT2D eigenvalue weighted by atomic mass is 32.2. The fraction of sp³-hybridized carbons (Fsp3) is 0.462. The number of halogens is 2. The summed E-state index contributed by atoms with van der Waals surface area (Å²) in [6.45, 7) is 2.67. The summed E-state index contributed by atoms with van der Waals surface area (Å²) >= 11 is 0.423. The zero-order valence-electron chi connectivity index (χ0n) is 10.8. The number of carbonyl (C=O) groups excluding carboxylic acids is 1. The van der Waals surface area contributed by atoms with Crippen LogP contribution in [-0.4, -0.2) is 18.3 Å². The van der Waals surface area contributed by atoms with Gasteiger partial charge in [-0.05, 0) is 18.6 Å². The fourth-order valence-electron chi connectivity index (χ4n) is 1.51. The van der Waals surface area contributed by atoms with Crippen LogP contribution in [0, 0.1) is 0 Å². The van der Waals surface area contributed by atoms with E-state index in [0.717, 1.165) is 19.3 Å². The molecule has 0 aliphatic carbocycles. The number of amides is 2. The number of hydrogen-bond acceptors (Lipinski definition) is 2. The van der Waals surface area contributed by atoms with Crippen molar-refractivity contribution in [3.05, 3.63) is 24.3 Å². The lowest BCUT2D eigenvalue weighted by Crippen LogP contribution is -2.29. The maximum Gasteiger partial charge on any atom is 0.319 e. The van der Waals surface area contributed by atoms with Crippen LogP contribution in [0.3, 0.4) is 0 Å². The number of rotatable bonds is 7. The molecule has 0 radical (unpaired) electrons. The van der Waals surface area contributed by atoms with Crippen LogP contribution in [0.15, 0.2) is 29.2 Å². The standard InChI is InChI=1S/C13H18F2N2OS/c1-2-3-6-9-16-13(18)17-10-7-4-5-8-11(10)19-12(14)15/h4-5,7-8,12H,2-3,6,9H2,1H3,(H2,16,17,18). The summed E-state index contributed by atoms with van der Waals surface area (Å²) in [5, 5.41) is 5.29. The summed E-state index contributed by atoms with van der Waals surface area (Å²) in [5.41, 5.74) is 0.404. The third-order valence-electron chi connectivity index (χ3n) is 2.42. The van der Waals surface area contributed by atoms with Gasteiger partial charge in [-0.1, -0.05) is 43.7 Å². The fourth-order valence-corrected chi connectivity index (χ4v) is 2.11. The molecule has 0 spiro atoms. The largest absolute Gasteiger partial charge is 0.338 e. The molecule has 1 aromatic rings. The lowest BCUT2D eigenvalue weighted by molar-refractivity contribution is 0.250. The lowest BCUT2D eigenvalue weighted by Gasteiger charge is -2.11. The van der Waals surface area contributed by atoms with E-state index in [1.165, 1.54) is 0 Å². The van der Waals surface area contributed by atoms with Gasteiger partial charge in [-0.25, -0.2) is 4.79 Å². The number of carbonyl (C=O) groups is 1. The molecular weight excluding hydrogens is 270 g/mol. The number of benzene rings is 1. The van der Waals surface area contributed by atoms with Crippen LogP contribution < -0.4 is 10.6 Å². The first-order valence-corrected chi connectivity index (χ1v) is 7.10. The Labute approximate surface area is 116 Å². The Bertz CT molecular complexity index is 402. The van der Waals surface area contributed by atoms with Gasteiger partial charge < -0.3 is 10.6 Å². The molecule has 1 rings (SSSR count). The topological polar surface area (TPSA) is 41.1 Å². The third-order valence-corrected chi connectivity index (χ3v) is 3.21. The van der Waals surface area contributed by atoms with Gasteiger partial charge in [0.15, 0.2) is 0 Å². The van der Waals surface area contributed by atoms with E-state index in [0.29, 0.717) is 28.9 Å². The Hall–Kier alpha value is -1.30. The molecule has 0 aliphatic rings. The molecule has 2 amide bonds. The third kappa shape index (κ3) is 6.42. The van der Waals surface area contributed by atoms with Gasteiger partial charge in [0.05, 0.1) is 5.69 Å². The van der Waals surface area contributed by atoms with Gasteiger partial charge in [0.2, 0.25) is 0 Å². The summed E-state index contributed by atoms with van der Waals surface area (Å²) in [4.78, 5) is 12.0. The minimum absolute atomic E-state index is 0.362. The van der Waals surface area contributed by atoms with Gasteiger partial charge in [0.25, 0.3) is 5.76 Å². The van der Waals surface area contributed by atoms with Gasteiger partial charge in [0, 0.05) is 11.4 Å². The summed E-state index contributed by atoms with van der Waals surface area (Å²) < 4.78 is 24.7. The SMILES string of the molecule is CCCCCNC(=O)Nc1ccccc1SC(F)F. The summed E-state index contributed by atoms with van der Waals surface area (Å²) in [5.74, 6) is -2.50. The lowest BCUT2D eigenvalue weighted by atomic mass is 10.2. The van der Waals surface area contributed by atoms with Crippen LogP contribution >= 0.6 is 11.8 Å². The van der Waals surface area contributed by atoms with Crippen molar-refractivity contribution >= 4 is 23.5 Å². The number of thioether (sulfide) groups is 1. The molecular formula is C13H18F2N2OS. The molecule has 0 unspecified atom stereocenters. The molecule has 1 aromatic carbocycles. The van der Waals surface area contributed by atoms with Gasteiger partial charge in [-0.15, -0.1) is 0 Å². The predicted octanol–water partition coefficient (Wildman–Crippen LogP) is 4.31. The first-order valence-electron chi connectivity index (χ1n) is 6.22. The van der Waals surface area contributed by atoms with E-state index in [-0.39, 0.29) is 6.03 Å². The monoisotopic (exact) mass is 288 g/mol. The van der Waals surface area contributed by atoms with Gasteiger partial charge in [-0.2, -0.15) is 8.78 Å². The highest BCUT2D eigenvalue weighted by Gasteiger charge is 2.11. The summed E-state index contributed by atoms with van der Waals surface area (Å²) in [7, 11) is 0. The van der Waals surface area contributed by atoms with E-state index in [2.05, 4.69) is 17.6 Å². The van der Waals surface area contributed by atoms with Crippen LogP contribution in [-0.2, 0) is 0 Å². The Balaban J connectivity index is 2.49. The second-order valence-electron chi connectivity index (χ2n) is 3.96. The van der Waals surface area contributed by atoms with E-state index in [4.69, 9.17) is 0 Å². The van der Waals surface area contributed by atoms with Gasteiger partial charge in [-0.3, -0.25) is 0 Å². The molecule has 0 aliphatic heterocycles. The summed E-state index contributed by atoms with van der Waals surface area (Å²) in [6.07, 6.45) is 3.05. The Morgan fingerprint density at radius 1 is 1.32 bits per heavy atom. The molecule has 0 bridgehead atoms. The van der Waals surface area contributed by atoms with Crippen LogP contribution in [0.5, 0.6) is 0 Å².